The number of allylic oxidation sites excluding steroid dienone is 4. The lowest BCUT2D eigenvalue weighted by Gasteiger charge is -2.14. The summed E-state index contributed by atoms with van der Waals surface area (Å²) >= 11 is 3.12. The van der Waals surface area contributed by atoms with Crippen molar-refractivity contribution in [2.45, 2.75) is 75.9 Å². The Bertz CT molecular complexity index is 1730. The molecule has 5 nitrogen and oxygen atoms in total. The van der Waals surface area contributed by atoms with Crippen LogP contribution in [-0.2, 0) is 19.7 Å². The predicted octanol–water partition coefficient (Wildman–Crippen LogP) is 8.47. The highest BCUT2D eigenvalue weighted by Crippen LogP contribution is 2.58. The summed E-state index contributed by atoms with van der Waals surface area (Å²) in [5, 5.41) is 1.43. The molecule has 0 saturated heterocycles. The summed E-state index contributed by atoms with van der Waals surface area (Å²) in [4.78, 5) is 15.8. The van der Waals surface area contributed by atoms with E-state index in [1.54, 1.807) is 23.5 Å². The molecule has 0 atom stereocenters. The van der Waals surface area contributed by atoms with Gasteiger partial charge in [-0.3, -0.25) is 9.48 Å². The molecule has 0 N–H and O–H groups in total. The van der Waals surface area contributed by atoms with Crippen LogP contribution in [0, 0.1) is 0 Å². The van der Waals surface area contributed by atoms with E-state index in [4.69, 9.17) is 9.47 Å². The second-order valence-electron chi connectivity index (χ2n) is 10.9. The molecule has 4 rings (SSSR count). The van der Waals surface area contributed by atoms with Crippen LogP contribution in [0.2, 0.25) is 0 Å². The van der Waals surface area contributed by atoms with Crippen LogP contribution in [0.1, 0.15) is 57.6 Å². The molecule has 1 aliphatic rings. The third-order valence-corrected chi connectivity index (χ3v) is 10.1. The lowest BCUT2D eigenvalue weighted by molar-refractivity contribution is 0.294. The largest absolute Gasteiger partial charge is 0.488 e. The van der Waals surface area contributed by atoms with Crippen LogP contribution in [0.25, 0.3) is 16.9 Å². The van der Waals surface area contributed by atoms with Crippen molar-refractivity contribution in [3.63, 3.8) is 0 Å². The van der Waals surface area contributed by atoms with Crippen LogP contribution in [0.5, 0.6) is 11.5 Å². The maximum absolute atomic E-state index is 13.9. The number of thioether (sulfide) groups is 2. The number of hydrogen-bond donors (Lipinski definition) is 0. The zero-order valence-corrected chi connectivity index (χ0v) is 28.4. The van der Waals surface area contributed by atoms with E-state index < -0.39 is 0 Å². The zero-order valence-electron chi connectivity index (χ0n) is 26.8. The minimum Gasteiger partial charge on any atom is -0.488 e. The molecule has 0 spiro atoms. The molecule has 2 heterocycles. The van der Waals surface area contributed by atoms with Gasteiger partial charge in [-0.2, -0.15) is 0 Å². The van der Waals surface area contributed by atoms with Crippen LogP contribution in [0.4, 0.5) is 0 Å². The Morgan fingerprint density at radius 2 is 1.53 bits per heavy atom. The Labute approximate surface area is 276 Å². The van der Waals surface area contributed by atoms with E-state index in [2.05, 4.69) is 44.8 Å². The van der Waals surface area contributed by atoms with Crippen molar-refractivity contribution in [1.29, 1.82) is 0 Å². The van der Waals surface area contributed by atoms with Crippen molar-refractivity contribution in [1.82, 2.24) is 9.36 Å². The fourth-order valence-electron chi connectivity index (χ4n) is 4.72. The van der Waals surface area contributed by atoms with Crippen molar-refractivity contribution in [3.8, 4) is 11.5 Å². The minimum absolute atomic E-state index is 0.0148. The number of fused-ring (bicyclic) bond motifs is 1. The molecular weight excluding hydrogens is 597 g/mol. The predicted molar refractivity (Wildman–Crippen MR) is 193 cm³/mol. The second-order valence-corrected chi connectivity index (χ2v) is 13.2. The first-order valence-corrected chi connectivity index (χ1v) is 17.1. The van der Waals surface area contributed by atoms with Crippen molar-refractivity contribution in [2.75, 3.05) is 6.61 Å². The Morgan fingerprint density at radius 1 is 0.911 bits per heavy atom. The Morgan fingerprint density at radius 3 is 2.13 bits per heavy atom. The summed E-state index contributed by atoms with van der Waals surface area (Å²) in [6, 6.07) is 12.1. The summed E-state index contributed by atoms with van der Waals surface area (Å²) in [5.74, 6) is 1.48. The summed E-state index contributed by atoms with van der Waals surface area (Å²) in [6.45, 7) is 24.7. The third kappa shape index (κ3) is 8.47. The van der Waals surface area contributed by atoms with Gasteiger partial charge in [-0.1, -0.05) is 137 Å². The van der Waals surface area contributed by atoms with E-state index in [1.807, 2.05) is 78.4 Å². The number of benzene rings is 2. The van der Waals surface area contributed by atoms with E-state index >= 15 is 0 Å². The van der Waals surface area contributed by atoms with Gasteiger partial charge in [0.1, 0.15) is 24.7 Å². The molecule has 1 aromatic heterocycles. The normalized spacial score (nSPS) is 14.1. The summed E-state index contributed by atoms with van der Waals surface area (Å²) in [7, 11) is 0. The fourth-order valence-corrected chi connectivity index (χ4v) is 7.47. The number of hydrogen-bond acceptors (Lipinski definition) is 5. The smallest absolute Gasteiger partial charge is 0.276 e. The van der Waals surface area contributed by atoms with Gasteiger partial charge < -0.3 is 9.47 Å². The first kappa shape index (κ1) is 34.1. The van der Waals surface area contributed by atoms with Gasteiger partial charge in [-0.15, -0.1) is 0 Å². The Hall–Kier alpha value is -3.81. The molecule has 0 aliphatic carbocycles. The molecule has 0 amide bonds. The quantitative estimate of drug-likeness (QED) is 0.147. The summed E-state index contributed by atoms with van der Waals surface area (Å²) in [6.07, 6.45) is 13.5. The highest BCUT2D eigenvalue weighted by Gasteiger charge is 2.28. The highest BCUT2D eigenvalue weighted by atomic mass is 32.2. The molecule has 0 unspecified atom stereocenters. The van der Waals surface area contributed by atoms with Crippen LogP contribution in [0.15, 0.2) is 106 Å². The minimum atomic E-state index is 0.0148. The van der Waals surface area contributed by atoms with Gasteiger partial charge in [0.05, 0.1) is 24.6 Å². The maximum Gasteiger partial charge on any atom is 0.276 e. The van der Waals surface area contributed by atoms with Crippen LogP contribution >= 0.6 is 23.5 Å². The van der Waals surface area contributed by atoms with Crippen LogP contribution in [0.3, 0.4) is 0 Å². The lowest BCUT2D eigenvalue weighted by Crippen LogP contribution is -2.35. The SMILES string of the molecule is C=C/C(C)=C/C=C\C(=C)COc1ccc(OCc2ccc(C=C)cc2)c2c1S/C(=c1\c(=C)n(CCCC)n(CCCC)c1=O)S2. The van der Waals surface area contributed by atoms with Crippen molar-refractivity contribution in [3.05, 3.63) is 124 Å². The van der Waals surface area contributed by atoms with Crippen molar-refractivity contribution < 1.29 is 9.47 Å². The van der Waals surface area contributed by atoms with Gasteiger partial charge in [-0.25, -0.2) is 4.68 Å². The number of ether oxygens (including phenoxy) is 2. The number of rotatable bonds is 16. The number of nitrogens with zero attached hydrogens (tertiary/aromatic N) is 2. The molecule has 7 heteroatoms. The van der Waals surface area contributed by atoms with E-state index in [0.717, 1.165) is 85.4 Å². The van der Waals surface area contributed by atoms with E-state index in [-0.39, 0.29) is 5.56 Å². The van der Waals surface area contributed by atoms with Gasteiger partial charge in [0.25, 0.3) is 5.56 Å². The maximum atomic E-state index is 13.9. The van der Waals surface area contributed by atoms with Gasteiger partial charge in [0, 0.05) is 13.1 Å². The molecule has 45 heavy (non-hydrogen) atoms. The molecule has 0 saturated carbocycles. The van der Waals surface area contributed by atoms with Crippen LogP contribution < -0.4 is 25.6 Å². The summed E-state index contributed by atoms with van der Waals surface area (Å²) in [5.41, 5.74) is 4.05. The van der Waals surface area contributed by atoms with E-state index in [0.29, 0.717) is 25.0 Å². The zero-order chi connectivity index (χ0) is 32.3. The summed E-state index contributed by atoms with van der Waals surface area (Å²) < 4.78 is 17.6. The van der Waals surface area contributed by atoms with Crippen molar-refractivity contribution >= 4 is 40.4 Å². The molecule has 2 aromatic carbocycles. The van der Waals surface area contributed by atoms with E-state index in [9.17, 15) is 4.79 Å². The fraction of sp³-hybridized carbons (Fsp3) is 0.289. The van der Waals surface area contributed by atoms with Crippen molar-refractivity contribution in [2.24, 2.45) is 0 Å². The molecule has 3 aromatic rings. The van der Waals surface area contributed by atoms with Gasteiger partial charge in [0.15, 0.2) is 0 Å². The Kier molecular flexibility index (Phi) is 12.5. The molecule has 0 fully saturated rings. The average Bonchev–Trinajstić information content (AvgIpc) is 3.59. The molecule has 0 bridgehead atoms. The number of unbranched alkanes of at least 4 members (excludes halogenated alkanes) is 2. The monoisotopic (exact) mass is 640 g/mol. The first-order valence-electron chi connectivity index (χ1n) is 15.5. The molecule has 0 radical (unpaired) electrons. The van der Waals surface area contributed by atoms with Gasteiger partial charge in [-0.05, 0) is 48.6 Å². The lowest BCUT2D eigenvalue weighted by atomic mass is 10.1. The van der Waals surface area contributed by atoms with Gasteiger partial charge in [0.2, 0.25) is 0 Å². The molecular formula is C38H44N2O3S2. The molecule has 1 aliphatic heterocycles. The number of aromatic nitrogens is 2. The Balaban J connectivity index is 1.71. The van der Waals surface area contributed by atoms with E-state index in [1.165, 1.54) is 0 Å². The first-order chi connectivity index (χ1) is 21.8. The average molecular weight is 641 g/mol. The standard InChI is InChI=1S/C38H44N2O3S2/c1-8-12-23-39-29(7)34(37(41)40(39)24-13-9-2)38-44-35-32(42-25-28(6)16-14-15-27(5)10-3)21-22-33(36(35)45-38)43-26-31-19-17-30(11-4)18-20-31/h10-11,14-22H,3-4,6-9,12-13,23-26H2,1-2,5H3/b16-14-,27-15+,38-34-. The highest BCUT2D eigenvalue weighted by molar-refractivity contribution is 8.32. The third-order valence-electron chi connectivity index (χ3n) is 7.46. The second kappa shape index (κ2) is 16.5. The van der Waals surface area contributed by atoms with Crippen LogP contribution in [-0.4, -0.2) is 16.0 Å². The topological polar surface area (TPSA) is 45.4 Å². The van der Waals surface area contributed by atoms with Gasteiger partial charge >= 0.3 is 0 Å². The molecule has 236 valence electrons.